The Morgan fingerprint density at radius 2 is 1.93 bits per heavy atom. The minimum Gasteiger partial charge on any atom is -0.468 e. The normalized spacial score (nSPS) is 10.4. The van der Waals surface area contributed by atoms with Crippen molar-refractivity contribution in [1.29, 1.82) is 5.26 Å². The number of nitrogens with one attached hydrogen (secondary N) is 1. The lowest BCUT2D eigenvalue weighted by atomic mass is 10.1. The minimum atomic E-state index is -0.136. The molecule has 1 heterocycles. The van der Waals surface area contributed by atoms with E-state index in [1.165, 1.54) is 0 Å². The first kappa shape index (κ1) is 20.2. The quantitative estimate of drug-likeness (QED) is 0.731. The molecule has 0 saturated heterocycles. The van der Waals surface area contributed by atoms with Crippen molar-refractivity contribution < 1.29 is 14.0 Å². The van der Waals surface area contributed by atoms with Crippen LogP contribution in [0.5, 0.6) is 0 Å². The number of furan rings is 1. The molecule has 0 atom stereocenters. The van der Waals surface area contributed by atoms with Crippen molar-refractivity contribution in [3.63, 3.8) is 0 Å². The van der Waals surface area contributed by atoms with Crippen molar-refractivity contribution in [3.8, 4) is 6.07 Å². The Bertz CT molecular complexity index is 779. The van der Waals surface area contributed by atoms with Crippen LogP contribution in [0.15, 0.2) is 47.1 Å². The molecular weight excluding hydrogens is 344 g/mol. The number of carbonyl (C=O) groups is 2. The van der Waals surface area contributed by atoms with E-state index in [1.54, 1.807) is 37.4 Å². The third-order valence-electron chi connectivity index (χ3n) is 4.15. The fourth-order valence-electron chi connectivity index (χ4n) is 2.61. The molecule has 2 rings (SSSR count). The highest BCUT2D eigenvalue weighted by Gasteiger charge is 2.16. The lowest BCUT2D eigenvalue weighted by Gasteiger charge is -2.24. The van der Waals surface area contributed by atoms with Gasteiger partial charge in [-0.3, -0.25) is 14.5 Å². The van der Waals surface area contributed by atoms with Crippen LogP contribution in [-0.4, -0.2) is 48.8 Å². The standard InChI is InChI=1S/C20H24N4O3/c1-22-20(26)17-8-6-16(7-9-17)13-24(14-18-5-3-12-27-18)15-19(25)23(2)11-4-10-21/h3,5-9,12H,4,11,13-15H2,1-2H3,(H,22,26). The number of amides is 2. The Balaban J connectivity index is 2.06. The van der Waals surface area contributed by atoms with Gasteiger partial charge >= 0.3 is 0 Å². The summed E-state index contributed by atoms with van der Waals surface area (Å²) in [6, 6.07) is 13.0. The van der Waals surface area contributed by atoms with Gasteiger partial charge < -0.3 is 14.6 Å². The van der Waals surface area contributed by atoms with Gasteiger partial charge in [-0.1, -0.05) is 12.1 Å². The van der Waals surface area contributed by atoms with Crippen LogP contribution in [-0.2, 0) is 17.9 Å². The van der Waals surface area contributed by atoms with E-state index in [2.05, 4.69) is 5.32 Å². The Labute approximate surface area is 159 Å². The number of hydrogen-bond acceptors (Lipinski definition) is 5. The highest BCUT2D eigenvalue weighted by molar-refractivity contribution is 5.93. The predicted molar refractivity (Wildman–Crippen MR) is 101 cm³/mol. The third kappa shape index (κ3) is 6.28. The average Bonchev–Trinajstić information content (AvgIpc) is 3.18. The zero-order valence-corrected chi connectivity index (χ0v) is 15.6. The number of benzene rings is 1. The molecule has 1 aromatic carbocycles. The van der Waals surface area contributed by atoms with Crippen molar-refractivity contribution in [2.45, 2.75) is 19.5 Å². The lowest BCUT2D eigenvalue weighted by Crippen LogP contribution is -2.38. The summed E-state index contributed by atoms with van der Waals surface area (Å²) in [5.41, 5.74) is 1.58. The van der Waals surface area contributed by atoms with Crippen LogP contribution in [0.2, 0.25) is 0 Å². The second-order valence-electron chi connectivity index (χ2n) is 6.22. The zero-order valence-electron chi connectivity index (χ0n) is 15.6. The van der Waals surface area contributed by atoms with Gasteiger partial charge in [0.05, 0.1) is 31.8 Å². The molecule has 0 fully saturated rings. The molecule has 27 heavy (non-hydrogen) atoms. The molecule has 0 bridgehead atoms. The van der Waals surface area contributed by atoms with E-state index >= 15 is 0 Å². The molecule has 0 aliphatic heterocycles. The van der Waals surface area contributed by atoms with Crippen molar-refractivity contribution in [2.75, 3.05) is 27.2 Å². The maximum Gasteiger partial charge on any atom is 0.251 e. The van der Waals surface area contributed by atoms with E-state index in [0.717, 1.165) is 11.3 Å². The van der Waals surface area contributed by atoms with Gasteiger partial charge in [0.15, 0.2) is 0 Å². The molecule has 2 amide bonds. The molecule has 7 heteroatoms. The Hall–Kier alpha value is -3.11. The maximum atomic E-state index is 12.5. The van der Waals surface area contributed by atoms with Gasteiger partial charge in [0.2, 0.25) is 5.91 Å². The number of nitrogens with zero attached hydrogens (tertiary/aromatic N) is 3. The summed E-state index contributed by atoms with van der Waals surface area (Å²) in [5, 5.41) is 11.3. The van der Waals surface area contributed by atoms with Crippen LogP contribution < -0.4 is 5.32 Å². The second kappa shape index (κ2) is 10.1. The summed E-state index contributed by atoms with van der Waals surface area (Å²) in [7, 11) is 3.29. The van der Waals surface area contributed by atoms with E-state index in [0.29, 0.717) is 31.6 Å². The molecule has 1 N–H and O–H groups in total. The zero-order chi connectivity index (χ0) is 19.6. The molecule has 0 aliphatic carbocycles. The molecule has 0 unspecified atom stereocenters. The second-order valence-corrected chi connectivity index (χ2v) is 6.22. The molecule has 0 radical (unpaired) electrons. The van der Waals surface area contributed by atoms with E-state index in [1.807, 2.05) is 35.2 Å². The minimum absolute atomic E-state index is 0.0567. The van der Waals surface area contributed by atoms with E-state index < -0.39 is 0 Å². The maximum absolute atomic E-state index is 12.5. The third-order valence-corrected chi connectivity index (χ3v) is 4.15. The summed E-state index contributed by atoms with van der Waals surface area (Å²) < 4.78 is 5.41. The topological polar surface area (TPSA) is 89.6 Å². The lowest BCUT2D eigenvalue weighted by molar-refractivity contribution is -0.131. The van der Waals surface area contributed by atoms with Gasteiger partial charge in [-0.2, -0.15) is 5.26 Å². The number of carbonyl (C=O) groups excluding carboxylic acids is 2. The number of rotatable bonds is 9. The van der Waals surface area contributed by atoms with Gasteiger partial charge in [-0.25, -0.2) is 0 Å². The van der Waals surface area contributed by atoms with Crippen LogP contribution >= 0.6 is 0 Å². The first-order valence-corrected chi connectivity index (χ1v) is 8.70. The smallest absolute Gasteiger partial charge is 0.251 e. The number of hydrogen-bond donors (Lipinski definition) is 1. The summed E-state index contributed by atoms with van der Waals surface area (Å²) in [6.45, 7) is 1.64. The highest BCUT2D eigenvalue weighted by atomic mass is 16.3. The fraction of sp³-hybridized carbons (Fsp3) is 0.350. The SMILES string of the molecule is CNC(=O)c1ccc(CN(CC(=O)N(C)CCC#N)Cc2ccco2)cc1. The number of likely N-dealkylation sites (N-methyl/N-ethyl adjacent to an activating group) is 1. The van der Waals surface area contributed by atoms with E-state index in [-0.39, 0.29) is 18.4 Å². The monoisotopic (exact) mass is 368 g/mol. The van der Waals surface area contributed by atoms with Crippen molar-refractivity contribution >= 4 is 11.8 Å². The largest absolute Gasteiger partial charge is 0.468 e. The summed E-state index contributed by atoms with van der Waals surface area (Å²) in [5.74, 6) is 0.575. The molecule has 0 spiro atoms. The van der Waals surface area contributed by atoms with Gasteiger partial charge in [0.25, 0.3) is 5.91 Å². The first-order valence-electron chi connectivity index (χ1n) is 8.70. The molecule has 1 aromatic heterocycles. The van der Waals surface area contributed by atoms with Gasteiger partial charge in [0, 0.05) is 32.7 Å². The highest BCUT2D eigenvalue weighted by Crippen LogP contribution is 2.12. The van der Waals surface area contributed by atoms with E-state index in [4.69, 9.17) is 9.68 Å². The van der Waals surface area contributed by atoms with Crippen molar-refractivity contribution in [1.82, 2.24) is 15.1 Å². The first-order chi connectivity index (χ1) is 13.0. The van der Waals surface area contributed by atoms with Crippen LogP contribution in [0.25, 0.3) is 0 Å². The summed E-state index contributed by atoms with van der Waals surface area (Å²) >= 11 is 0. The van der Waals surface area contributed by atoms with Crippen LogP contribution in [0.3, 0.4) is 0 Å². The van der Waals surface area contributed by atoms with Crippen molar-refractivity contribution in [3.05, 3.63) is 59.5 Å². The number of nitriles is 1. The van der Waals surface area contributed by atoms with Gasteiger partial charge in [0.1, 0.15) is 5.76 Å². The summed E-state index contributed by atoms with van der Waals surface area (Å²) in [6.07, 6.45) is 1.91. The van der Waals surface area contributed by atoms with Crippen LogP contribution in [0.1, 0.15) is 28.1 Å². The average molecular weight is 368 g/mol. The van der Waals surface area contributed by atoms with Crippen molar-refractivity contribution in [2.24, 2.45) is 0 Å². The summed E-state index contributed by atoms with van der Waals surface area (Å²) in [4.78, 5) is 27.6. The van der Waals surface area contributed by atoms with Crippen LogP contribution in [0, 0.1) is 11.3 Å². The Morgan fingerprint density at radius 1 is 1.19 bits per heavy atom. The Morgan fingerprint density at radius 3 is 2.52 bits per heavy atom. The molecule has 7 nitrogen and oxygen atoms in total. The van der Waals surface area contributed by atoms with E-state index in [9.17, 15) is 9.59 Å². The molecule has 0 saturated carbocycles. The Kier molecular flexibility index (Phi) is 7.59. The van der Waals surface area contributed by atoms with Crippen LogP contribution in [0.4, 0.5) is 0 Å². The van der Waals surface area contributed by atoms with Gasteiger partial charge in [-0.05, 0) is 29.8 Å². The molecule has 0 aliphatic rings. The molecule has 2 aromatic rings. The predicted octanol–water partition coefficient (Wildman–Crippen LogP) is 2.01. The fourth-order valence-corrected chi connectivity index (χ4v) is 2.61. The molecule has 142 valence electrons. The van der Waals surface area contributed by atoms with Gasteiger partial charge in [-0.15, -0.1) is 0 Å². The molecular formula is C20H24N4O3.